The average molecular weight is 339 g/mol. The molecular formula is C14H18FN5O2S. The highest BCUT2D eigenvalue weighted by Crippen LogP contribution is 2.21. The Morgan fingerprint density at radius 2 is 2.48 bits per heavy atom. The van der Waals surface area contributed by atoms with Gasteiger partial charge in [-0.05, 0) is 17.9 Å². The number of alkyl halides is 1. The highest BCUT2D eigenvalue weighted by Gasteiger charge is 2.33. The number of aryl methyl sites for hydroxylation is 1. The van der Waals surface area contributed by atoms with Gasteiger partial charge in [-0.3, -0.25) is 4.90 Å². The standard InChI is InChI=1S/C14H18FN5O2S/c1-9-17-13(19-22-9)7-20-6-10(15)4-12(20)5-16-14(21)18-11-2-3-23-8-11/h2-3,8,10,12H,4-7H2,1H3,(H2,16,18,21)/t10-,12-/m0/s1. The number of hydrogen-bond acceptors (Lipinski definition) is 6. The molecule has 2 N–H and O–H groups in total. The number of amides is 2. The first kappa shape index (κ1) is 15.9. The minimum Gasteiger partial charge on any atom is -0.340 e. The summed E-state index contributed by atoms with van der Waals surface area (Å²) < 4.78 is 18.7. The monoisotopic (exact) mass is 339 g/mol. The summed E-state index contributed by atoms with van der Waals surface area (Å²) in [7, 11) is 0. The van der Waals surface area contributed by atoms with Crippen molar-refractivity contribution in [2.75, 3.05) is 18.4 Å². The quantitative estimate of drug-likeness (QED) is 0.872. The molecule has 1 aliphatic rings. The summed E-state index contributed by atoms with van der Waals surface area (Å²) in [5.74, 6) is 1.02. The zero-order chi connectivity index (χ0) is 16.2. The highest BCUT2D eigenvalue weighted by molar-refractivity contribution is 7.08. The summed E-state index contributed by atoms with van der Waals surface area (Å²) in [5, 5.41) is 13.1. The average Bonchev–Trinajstić information content (AvgIpc) is 3.21. The molecule has 2 aromatic rings. The molecule has 2 amide bonds. The second-order valence-electron chi connectivity index (χ2n) is 5.49. The van der Waals surface area contributed by atoms with Crippen LogP contribution in [0.25, 0.3) is 0 Å². The van der Waals surface area contributed by atoms with Crippen LogP contribution in [0.3, 0.4) is 0 Å². The Hall–Kier alpha value is -2.00. The van der Waals surface area contributed by atoms with Gasteiger partial charge < -0.3 is 15.2 Å². The third-order valence-electron chi connectivity index (χ3n) is 3.67. The number of nitrogens with zero attached hydrogens (tertiary/aromatic N) is 3. The predicted octanol–water partition coefficient (Wildman–Crippen LogP) is 2.17. The molecule has 9 heteroatoms. The van der Waals surface area contributed by atoms with E-state index >= 15 is 0 Å². The van der Waals surface area contributed by atoms with Crippen molar-refractivity contribution in [1.82, 2.24) is 20.4 Å². The molecule has 1 fully saturated rings. The van der Waals surface area contributed by atoms with Crippen LogP contribution in [0.5, 0.6) is 0 Å². The van der Waals surface area contributed by atoms with Crippen molar-refractivity contribution in [3.8, 4) is 0 Å². The highest BCUT2D eigenvalue weighted by atomic mass is 32.1. The lowest BCUT2D eigenvalue weighted by Gasteiger charge is -2.22. The number of thiophene rings is 1. The number of rotatable bonds is 5. The third kappa shape index (κ3) is 4.26. The first-order valence-electron chi connectivity index (χ1n) is 7.34. The number of likely N-dealkylation sites (tertiary alicyclic amines) is 1. The summed E-state index contributed by atoms with van der Waals surface area (Å²) in [6, 6.07) is 1.44. The minimum atomic E-state index is -0.908. The van der Waals surface area contributed by atoms with E-state index in [4.69, 9.17) is 4.52 Å². The van der Waals surface area contributed by atoms with Gasteiger partial charge in [0.25, 0.3) is 0 Å². The van der Waals surface area contributed by atoms with Gasteiger partial charge in [-0.1, -0.05) is 5.16 Å². The minimum absolute atomic E-state index is 0.0861. The van der Waals surface area contributed by atoms with E-state index in [0.29, 0.717) is 37.8 Å². The van der Waals surface area contributed by atoms with Gasteiger partial charge in [-0.25, -0.2) is 9.18 Å². The molecule has 124 valence electrons. The molecule has 2 atom stereocenters. The number of halogens is 1. The zero-order valence-corrected chi connectivity index (χ0v) is 13.5. The summed E-state index contributed by atoms with van der Waals surface area (Å²) in [4.78, 5) is 17.9. The second-order valence-corrected chi connectivity index (χ2v) is 6.27. The van der Waals surface area contributed by atoms with Crippen LogP contribution in [0.2, 0.25) is 0 Å². The van der Waals surface area contributed by atoms with Crippen LogP contribution in [0, 0.1) is 6.92 Å². The molecule has 3 heterocycles. The Morgan fingerprint density at radius 3 is 3.17 bits per heavy atom. The fourth-order valence-corrected chi connectivity index (χ4v) is 3.22. The number of carbonyl (C=O) groups is 1. The zero-order valence-electron chi connectivity index (χ0n) is 12.7. The fourth-order valence-electron chi connectivity index (χ4n) is 2.64. The summed E-state index contributed by atoms with van der Waals surface area (Å²) >= 11 is 1.51. The molecule has 23 heavy (non-hydrogen) atoms. The van der Waals surface area contributed by atoms with Crippen molar-refractivity contribution in [1.29, 1.82) is 0 Å². The maximum absolute atomic E-state index is 13.7. The first-order valence-corrected chi connectivity index (χ1v) is 8.29. The van der Waals surface area contributed by atoms with Crippen LogP contribution in [0.1, 0.15) is 18.1 Å². The molecule has 2 aromatic heterocycles. The molecular weight excluding hydrogens is 321 g/mol. The smallest absolute Gasteiger partial charge is 0.319 e. The lowest BCUT2D eigenvalue weighted by Crippen LogP contribution is -2.41. The van der Waals surface area contributed by atoms with E-state index < -0.39 is 6.17 Å². The lowest BCUT2D eigenvalue weighted by molar-refractivity contribution is 0.218. The number of carbonyl (C=O) groups excluding carboxylic acids is 1. The molecule has 7 nitrogen and oxygen atoms in total. The Bertz CT molecular complexity index is 647. The summed E-state index contributed by atoms with van der Waals surface area (Å²) in [5.41, 5.74) is 0.751. The molecule has 0 unspecified atom stereocenters. The van der Waals surface area contributed by atoms with E-state index in [-0.39, 0.29) is 12.1 Å². The third-order valence-corrected chi connectivity index (χ3v) is 4.35. The Kier molecular flexibility index (Phi) is 4.87. The van der Waals surface area contributed by atoms with E-state index in [2.05, 4.69) is 20.8 Å². The van der Waals surface area contributed by atoms with Crippen LogP contribution in [-0.4, -0.2) is 46.4 Å². The van der Waals surface area contributed by atoms with Crippen molar-refractivity contribution >= 4 is 23.1 Å². The summed E-state index contributed by atoms with van der Waals surface area (Å²) in [6.07, 6.45) is -0.523. The van der Waals surface area contributed by atoms with Crippen molar-refractivity contribution in [2.24, 2.45) is 0 Å². The predicted molar refractivity (Wildman–Crippen MR) is 84.1 cm³/mol. The van der Waals surface area contributed by atoms with Gasteiger partial charge in [-0.2, -0.15) is 16.3 Å². The van der Waals surface area contributed by atoms with Crippen molar-refractivity contribution in [3.63, 3.8) is 0 Å². The molecule has 0 bridgehead atoms. The van der Waals surface area contributed by atoms with Crippen LogP contribution >= 0.6 is 11.3 Å². The van der Waals surface area contributed by atoms with E-state index in [0.717, 1.165) is 5.69 Å². The normalized spacial score (nSPS) is 21.5. The van der Waals surface area contributed by atoms with Crippen LogP contribution in [-0.2, 0) is 6.54 Å². The van der Waals surface area contributed by atoms with Crippen LogP contribution < -0.4 is 10.6 Å². The lowest BCUT2D eigenvalue weighted by atomic mass is 10.2. The van der Waals surface area contributed by atoms with Gasteiger partial charge in [0.15, 0.2) is 5.82 Å². The SMILES string of the molecule is Cc1nc(CN2C[C@@H](F)C[C@H]2CNC(=O)Nc2ccsc2)no1. The van der Waals surface area contributed by atoms with Crippen molar-refractivity contribution in [3.05, 3.63) is 28.5 Å². The van der Waals surface area contributed by atoms with E-state index in [1.165, 1.54) is 11.3 Å². The van der Waals surface area contributed by atoms with Crippen molar-refractivity contribution in [2.45, 2.75) is 32.1 Å². The molecule has 3 rings (SSSR count). The van der Waals surface area contributed by atoms with Crippen LogP contribution in [0.4, 0.5) is 14.9 Å². The topological polar surface area (TPSA) is 83.3 Å². The summed E-state index contributed by atoms with van der Waals surface area (Å²) in [6.45, 7) is 2.81. The maximum Gasteiger partial charge on any atom is 0.319 e. The van der Waals surface area contributed by atoms with Gasteiger partial charge in [0.2, 0.25) is 5.89 Å². The maximum atomic E-state index is 13.7. The molecule has 0 aromatic carbocycles. The van der Waals surface area contributed by atoms with Gasteiger partial charge in [0.05, 0.1) is 12.2 Å². The number of urea groups is 1. The number of anilines is 1. The number of aromatic nitrogens is 2. The van der Waals surface area contributed by atoms with E-state index in [9.17, 15) is 9.18 Å². The van der Waals surface area contributed by atoms with Crippen molar-refractivity contribution < 1.29 is 13.7 Å². The molecule has 0 saturated carbocycles. The van der Waals surface area contributed by atoms with Gasteiger partial charge in [0, 0.05) is 31.4 Å². The Balaban J connectivity index is 1.51. The van der Waals surface area contributed by atoms with Gasteiger partial charge >= 0.3 is 6.03 Å². The molecule has 0 spiro atoms. The molecule has 0 aliphatic carbocycles. The second kappa shape index (κ2) is 7.05. The van der Waals surface area contributed by atoms with Gasteiger partial charge in [0.1, 0.15) is 6.17 Å². The molecule has 0 radical (unpaired) electrons. The van der Waals surface area contributed by atoms with Crippen LogP contribution in [0.15, 0.2) is 21.3 Å². The fraction of sp³-hybridized carbons (Fsp3) is 0.500. The first-order chi connectivity index (χ1) is 11.1. The Labute approximate surface area is 136 Å². The van der Waals surface area contributed by atoms with Gasteiger partial charge in [-0.15, -0.1) is 0 Å². The van der Waals surface area contributed by atoms with E-state index in [1.807, 2.05) is 21.7 Å². The number of hydrogen-bond donors (Lipinski definition) is 2. The Morgan fingerprint density at radius 1 is 1.61 bits per heavy atom. The largest absolute Gasteiger partial charge is 0.340 e. The molecule has 1 saturated heterocycles. The molecule has 1 aliphatic heterocycles. The number of nitrogens with one attached hydrogen (secondary N) is 2. The van der Waals surface area contributed by atoms with E-state index in [1.54, 1.807) is 6.92 Å².